The number of allylic oxidation sites excluding steroid dienone is 2. The average Bonchev–Trinajstić information content (AvgIpc) is 3.20. The fourth-order valence-electron chi connectivity index (χ4n) is 3.70. The number of hydrogen-bond acceptors (Lipinski definition) is 2. The molecule has 0 amide bonds. The maximum atomic E-state index is 13.2. The number of hydrogen-bond donors (Lipinski definition) is 0. The molecule has 4 heteroatoms. The summed E-state index contributed by atoms with van der Waals surface area (Å²) in [4.78, 5) is 0. The molecule has 0 N–H and O–H groups in total. The maximum Gasteiger partial charge on any atom is 0.123 e. The van der Waals surface area contributed by atoms with Crippen LogP contribution in [0.25, 0.3) is 11.1 Å². The van der Waals surface area contributed by atoms with Gasteiger partial charge in [0.15, 0.2) is 0 Å². The van der Waals surface area contributed by atoms with Gasteiger partial charge in [-0.2, -0.15) is 0 Å². The zero-order valence-electron chi connectivity index (χ0n) is 13.3. The first-order valence-electron chi connectivity index (χ1n) is 8.18. The van der Waals surface area contributed by atoms with E-state index in [1.54, 1.807) is 0 Å². The molecule has 124 valence electrons. The summed E-state index contributed by atoms with van der Waals surface area (Å²) >= 11 is -2.06. The molecule has 2 nitrogen and oxygen atoms in total. The van der Waals surface area contributed by atoms with Crippen LogP contribution >= 0.6 is 0 Å². The third kappa shape index (κ3) is 3.08. The second-order valence-corrected chi connectivity index (χ2v) is 7.86. The molecule has 1 saturated carbocycles. The lowest BCUT2D eigenvalue weighted by molar-refractivity contribution is 0.536. The van der Waals surface area contributed by atoms with Gasteiger partial charge in [0.1, 0.15) is 5.82 Å². The molecule has 2 aliphatic carbocycles. The van der Waals surface area contributed by atoms with Crippen LogP contribution < -0.4 is 0 Å². The van der Waals surface area contributed by atoms with E-state index in [1.807, 2.05) is 36.4 Å². The molecule has 4 rings (SSSR count). The van der Waals surface area contributed by atoms with Crippen LogP contribution in [0.3, 0.4) is 0 Å². The number of benzene rings is 2. The van der Waals surface area contributed by atoms with Crippen molar-refractivity contribution in [1.82, 2.24) is 0 Å². The van der Waals surface area contributed by atoms with E-state index < -0.39 is 11.1 Å². The Balaban J connectivity index is 1.70. The minimum atomic E-state index is -2.06. The van der Waals surface area contributed by atoms with Gasteiger partial charge in [0.25, 0.3) is 0 Å². The van der Waals surface area contributed by atoms with E-state index in [9.17, 15) is 13.2 Å². The summed E-state index contributed by atoms with van der Waals surface area (Å²) in [5.74, 6) is -0.163. The highest BCUT2D eigenvalue weighted by Gasteiger charge is 2.48. The number of rotatable bonds is 4. The van der Waals surface area contributed by atoms with Crippen LogP contribution in [-0.4, -0.2) is 8.76 Å². The molecule has 1 fully saturated rings. The van der Waals surface area contributed by atoms with E-state index in [1.165, 1.54) is 36.1 Å². The first-order valence-corrected chi connectivity index (χ1v) is 9.42. The zero-order valence-corrected chi connectivity index (χ0v) is 14.1. The van der Waals surface area contributed by atoms with Crippen molar-refractivity contribution in [3.05, 3.63) is 71.0 Å². The predicted molar refractivity (Wildman–Crippen MR) is 93.2 cm³/mol. The molecule has 1 atom stereocenters. The van der Waals surface area contributed by atoms with Crippen molar-refractivity contribution in [3.63, 3.8) is 0 Å². The highest BCUT2D eigenvalue weighted by atomic mass is 32.2. The van der Waals surface area contributed by atoms with Gasteiger partial charge in [0.2, 0.25) is 0 Å². The number of halogens is 1. The van der Waals surface area contributed by atoms with Crippen LogP contribution in [0.15, 0.2) is 48.5 Å². The molecule has 1 unspecified atom stereocenters. The molecule has 0 bridgehead atoms. The molecule has 0 radical (unpaired) electrons. The summed E-state index contributed by atoms with van der Waals surface area (Å²) in [6, 6.07) is 14.6. The Hall–Kier alpha value is -1.78. The molecular formula is C20H18FO2S-. The largest absolute Gasteiger partial charge is 0.772 e. The van der Waals surface area contributed by atoms with E-state index in [4.69, 9.17) is 0 Å². The van der Waals surface area contributed by atoms with Crippen molar-refractivity contribution in [2.75, 3.05) is 0 Å². The lowest BCUT2D eigenvalue weighted by Gasteiger charge is -2.10. The van der Waals surface area contributed by atoms with E-state index in [0.29, 0.717) is 5.41 Å². The van der Waals surface area contributed by atoms with Crippen molar-refractivity contribution >= 4 is 22.2 Å². The van der Waals surface area contributed by atoms with Crippen molar-refractivity contribution in [3.8, 4) is 0 Å². The summed E-state index contributed by atoms with van der Waals surface area (Å²) in [5.41, 5.74) is 6.10. The van der Waals surface area contributed by atoms with Gasteiger partial charge in [-0.25, -0.2) is 4.39 Å². The van der Waals surface area contributed by atoms with Gasteiger partial charge in [-0.1, -0.05) is 47.5 Å². The average molecular weight is 341 g/mol. The molecule has 1 spiro atoms. The molecule has 0 heterocycles. The van der Waals surface area contributed by atoms with Gasteiger partial charge in [0.05, 0.1) is 0 Å². The SMILES string of the molecule is O=S([O-])Cc1ccc(C2=C(c3ccc(F)cc3)CC3(CC3)C2)cc1. The second-order valence-electron chi connectivity index (χ2n) is 6.96. The van der Waals surface area contributed by atoms with Gasteiger partial charge in [-0.05, 0) is 71.1 Å². The second kappa shape index (κ2) is 5.94. The van der Waals surface area contributed by atoms with E-state index in [-0.39, 0.29) is 11.6 Å². The molecule has 0 aliphatic heterocycles. The van der Waals surface area contributed by atoms with Crippen LogP contribution in [0.4, 0.5) is 4.39 Å². The van der Waals surface area contributed by atoms with Gasteiger partial charge in [-0.15, -0.1) is 0 Å². The van der Waals surface area contributed by atoms with Crippen LogP contribution in [0, 0.1) is 11.2 Å². The lowest BCUT2D eigenvalue weighted by atomic mass is 9.96. The molecular weight excluding hydrogens is 323 g/mol. The molecule has 0 saturated heterocycles. The highest BCUT2D eigenvalue weighted by molar-refractivity contribution is 7.78. The Bertz CT molecular complexity index is 818. The minimum absolute atomic E-state index is 0.0497. The molecule has 2 aromatic rings. The van der Waals surface area contributed by atoms with Crippen molar-refractivity contribution < 1.29 is 13.2 Å². The van der Waals surface area contributed by atoms with Crippen molar-refractivity contribution in [2.24, 2.45) is 5.41 Å². The summed E-state index contributed by atoms with van der Waals surface area (Å²) in [5, 5.41) is 0. The smallest absolute Gasteiger partial charge is 0.123 e. The Kier molecular flexibility index (Phi) is 3.89. The summed E-state index contributed by atoms with van der Waals surface area (Å²) < 4.78 is 34.9. The Morgan fingerprint density at radius 2 is 1.42 bits per heavy atom. The van der Waals surface area contributed by atoms with Gasteiger partial charge >= 0.3 is 0 Å². The van der Waals surface area contributed by atoms with E-state index >= 15 is 0 Å². The first-order chi connectivity index (χ1) is 11.5. The summed E-state index contributed by atoms with van der Waals surface area (Å²) in [6.45, 7) is 0. The topological polar surface area (TPSA) is 40.1 Å². The van der Waals surface area contributed by atoms with E-state index in [2.05, 4.69) is 0 Å². The summed E-state index contributed by atoms with van der Waals surface area (Å²) in [6.07, 6.45) is 4.63. The van der Waals surface area contributed by atoms with Crippen LogP contribution in [-0.2, 0) is 16.8 Å². The third-order valence-corrected chi connectivity index (χ3v) is 5.77. The standard InChI is InChI=1S/C20H19FO2S/c21-17-7-5-16(6-8-17)19-12-20(9-10-20)11-18(19)15-3-1-14(2-4-15)13-24(22)23/h1-8H,9-13H2,(H,22,23)/p-1. The van der Waals surface area contributed by atoms with Gasteiger partial charge in [-0.3, -0.25) is 4.21 Å². The summed E-state index contributed by atoms with van der Waals surface area (Å²) in [7, 11) is 0. The molecule has 0 aromatic heterocycles. The van der Waals surface area contributed by atoms with Crippen molar-refractivity contribution in [1.29, 1.82) is 0 Å². The maximum absolute atomic E-state index is 13.2. The first kappa shape index (κ1) is 15.7. The normalized spacial score (nSPS) is 19.8. The minimum Gasteiger partial charge on any atom is -0.772 e. The molecule has 24 heavy (non-hydrogen) atoms. The monoisotopic (exact) mass is 341 g/mol. The molecule has 2 aromatic carbocycles. The Morgan fingerprint density at radius 1 is 0.917 bits per heavy atom. The van der Waals surface area contributed by atoms with Gasteiger partial charge < -0.3 is 4.55 Å². The van der Waals surface area contributed by atoms with E-state index in [0.717, 1.165) is 29.5 Å². The fourth-order valence-corrected chi connectivity index (χ4v) is 4.16. The predicted octanol–water partition coefficient (Wildman–Crippen LogP) is 4.69. The fraction of sp³-hybridized carbons (Fsp3) is 0.300. The van der Waals surface area contributed by atoms with Crippen LogP contribution in [0.5, 0.6) is 0 Å². The van der Waals surface area contributed by atoms with Crippen LogP contribution in [0.1, 0.15) is 42.4 Å². The third-order valence-electron chi connectivity index (χ3n) is 5.20. The highest BCUT2D eigenvalue weighted by Crippen LogP contribution is 2.63. The molecule has 2 aliphatic rings. The van der Waals surface area contributed by atoms with Gasteiger partial charge in [0, 0.05) is 5.75 Å². The zero-order chi connectivity index (χ0) is 16.7. The van der Waals surface area contributed by atoms with Crippen molar-refractivity contribution in [2.45, 2.75) is 31.4 Å². The lowest BCUT2D eigenvalue weighted by Crippen LogP contribution is -1.94. The van der Waals surface area contributed by atoms with Crippen LogP contribution in [0.2, 0.25) is 0 Å². The Labute approximate surface area is 143 Å². The Morgan fingerprint density at radius 3 is 1.88 bits per heavy atom. The quantitative estimate of drug-likeness (QED) is 0.757.